The molecule has 0 spiro atoms. The second-order valence-corrected chi connectivity index (χ2v) is 6.94. The number of aliphatic imine (C=N–C) groups is 1. The number of carbonyl (C=O) groups is 1. The summed E-state index contributed by atoms with van der Waals surface area (Å²) < 4.78 is 10.9. The van der Waals surface area contributed by atoms with Crippen molar-refractivity contribution in [3.63, 3.8) is 0 Å². The highest BCUT2D eigenvalue weighted by atomic mass is 35.5. The number of methoxy groups -OCH3 is 1. The Morgan fingerprint density at radius 2 is 2.11 bits per heavy atom. The zero-order valence-electron chi connectivity index (χ0n) is 14.6. The van der Waals surface area contributed by atoms with Crippen molar-refractivity contribution in [3.8, 4) is 11.5 Å². The molecule has 27 heavy (non-hydrogen) atoms. The summed E-state index contributed by atoms with van der Waals surface area (Å²) in [5.74, 6) is 1.00. The summed E-state index contributed by atoms with van der Waals surface area (Å²) in [7, 11) is 1.57. The third-order valence-corrected chi connectivity index (χ3v) is 4.68. The van der Waals surface area contributed by atoms with Crippen LogP contribution in [-0.2, 0) is 4.79 Å². The topological polar surface area (TPSA) is 59.9 Å². The van der Waals surface area contributed by atoms with Crippen molar-refractivity contribution in [2.24, 2.45) is 4.99 Å². The first-order valence-electron chi connectivity index (χ1n) is 8.06. The second-order valence-electron chi connectivity index (χ2n) is 5.47. The van der Waals surface area contributed by atoms with E-state index in [1.807, 2.05) is 24.3 Å². The van der Waals surface area contributed by atoms with E-state index in [1.54, 1.807) is 37.5 Å². The number of hydrogen-bond donors (Lipinski definition) is 1. The molecule has 0 saturated carbocycles. The van der Waals surface area contributed by atoms with Gasteiger partial charge >= 0.3 is 0 Å². The van der Waals surface area contributed by atoms with Gasteiger partial charge in [-0.15, -0.1) is 0 Å². The van der Waals surface area contributed by atoms with E-state index >= 15 is 0 Å². The summed E-state index contributed by atoms with van der Waals surface area (Å²) in [6.45, 7) is 4.01. The minimum Gasteiger partial charge on any atom is -0.493 e. The molecular weight excluding hydrogens is 384 g/mol. The van der Waals surface area contributed by atoms with E-state index in [-0.39, 0.29) is 5.91 Å². The van der Waals surface area contributed by atoms with Gasteiger partial charge in [0.05, 0.1) is 17.7 Å². The lowest BCUT2D eigenvalue weighted by Gasteiger charge is -2.09. The van der Waals surface area contributed by atoms with Crippen molar-refractivity contribution in [2.45, 2.75) is 0 Å². The molecule has 1 saturated heterocycles. The molecule has 1 amide bonds. The minimum absolute atomic E-state index is 0.202. The quantitative estimate of drug-likeness (QED) is 0.558. The Hall–Kier alpha value is -2.70. The van der Waals surface area contributed by atoms with Crippen LogP contribution in [0.5, 0.6) is 11.5 Å². The van der Waals surface area contributed by atoms with Crippen LogP contribution in [0.1, 0.15) is 5.56 Å². The van der Waals surface area contributed by atoms with Crippen molar-refractivity contribution in [1.29, 1.82) is 0 Å². The molecule has 7 heteroatoms. The zero-order valence-corrected chi connectivity index (χ0v) is 16.1. The van der Waals surface area contributed by atoms with Gasteiger partial charge in [-0.1, -0.05) is 36.4 Å². The highest BCUT2D eigenvalue weighted by molar-refractivity contribution is 8.18. The molecule has 0 unspecified atom stereocenters. The summed E-state index contributed by atoms with van der Waals surface area (Å²) in [5.41, 5.74) is 1.50. The number of thioether (sulfide) groups is 1. The molecule has 1 heterocycles. The molecule has 0 atom stereocenters. The molecule has 1 N–H and O–H groups in total. The first-order valence-corrected chi connectivity index (χ1v) is 9.25. The molecule has 1 aliphatic rings. The molecular formula is C20H17ClN2O3S. The first kappa shape index (κ1) is 19.1. The van der Waals surface area contributed by atoms with Gasteiger partial charge in [0.15, 0.2) is 16.7 Å². The van der Waals surface area contributed by atoms with Crippen LogP contribution in [0.25, 0.3) is 6.08 Å². The summed E-state index contributed by atoms with van der Waals surface area (Å²) in [6.07, 6.45) is 3.44. The summed E-state index contributed by atoms with van der Waals surface area (Å²) in [5, 5.41) is 3.85. The monoisotopic (exact) mass is 400 g/mol. The third kappa shape index (κ3) is 4.93. The van der Waals surface area contributed by atoms with Crippen LogP contribution < -0.4 is 14.8 Å². The van der Waals surface area contributed by atoms with Crippen molar-refractivity contribution >= 4 is 46.2 Å². The van der Waals surface area contributed by atoms with Crippen LogP contribution in [0.3, 0.4) is 0 Å². The van der Waals surface area contributed by atoms with E-state index in [0.717, 1.165) is 5.56 Å². The highest BCUT2D eigenvalue weighted by Gasteiger charge is 2.24. The lowest BCUT2D eigenvalue weighted by Crippen LogP contribution is -2.19. The maximum atomic E-state index is 12.2. The second kappa shape index (κ2) is 8.79. The normalized spacial score (nSPS) is 16.4. The van der Waals surface area contributed by atoms with Gasteiger partial charge in [0.2, 0.25) is 0 Å². The van der Waals surface area contributed by atoms with Crippen LogP contribution in [0.4, 0.5) is 5.69 Å². The van der Waals surface area contributed by atoms with Crippen LogP contribution in [0.2, 0.25) is 5.02 Å². The number of rotatable bonds is 6. The van der Waals surface area contributed by atoms with Crippen LogP contribution in [-0.4, -0.2) is 24.8 Å². The lowest BCUT2D eigenvalue weighted by atomic mass is 10.2. The number of amides is 1. The Morgan fingerprint density at radius 1 is 1.26 bits per heavy atom. The Labute approximate surface area is 166 Å². The van der Waals surface area contributed by atoms with E-state index in [4.69, 9.17) is 21.1 Å². The lowest BCUT2D eigenvalue weighted by molar-refractivity contribution is -0.115. The molecule has 2 aromatic carbocycles. The van der Waals surface area contributed by atoms with Gasteiger partial charge in [-0.2, -0.15) is 0 Å². The molecule has 1 aliphatic heterocycles. The van der Waals surface area contributed by atoms with Gasteiger partial charge in [-0.05, 0) is 53.7 Å². The van der Waals surface area contributed by atoms with E-state index in [1.165, 1.54) is 11.8 Å². The largest absolute Gasteiger partial charge is 0.493 e. The predicted molar refractivity (Wildman–Crippen MR) is 111 cm³/mol. The number of carbonyl (C=O) groups excluding carboxylic acids is 1. The first-order chi connectivity index (χ1) is 13.1. The Bertz CT molecular complexity index is 941. The predicted octanol–water partition coefficient (Wildman–Crippen LogP) is 4.81. The highest BCUT2D eigenvalue weighted by Crippen LogP contribution is 2.32. The molecule has 0 radical (unpaired) electrons. The number of nitrogens with one attached hydrogen (secondary N) is 1. The van der Waals surface area contributed by atoms with Gasteiger partial charge in [0.1, 0.15) is 6.61 Å². The minimum atomic E-state index is -0.202. The summed E-state index contributed by atoms with van der Waals surface area (Å²) >= 11 is 7.23. The summed E-state index contributed by atoms with van der Waals surface area (Å²) in [4.78, 5) is 17.2. The SMILES string of the molecule is C=CCOc1ccc(C=C2SC(=Nc3cccc(Cl)c3)NC2=O)cc1OC. The number of nitrogens with zero attached hydrogens (tertiary/aromatic N) is 1. The van der Waals surface area contributed by atoms with Gasteiger partial charge in [-0.25, -0.2) is 4.99 Å². The van der Waals surface area contributed by atoms with Crippen molar-refractivity contribution in [1.82, 2.24) is 5.32 Å². The maximum absolute atomic E-state index is 12.2. The van der Waals surface area contributed by atoms with E-state index in [2.05, 4.69) is 16.9 Å². The van der Waals surface area contributed by atoms with Gasteiger partial charge in [0.25, 0.3) is 5.91 Å². The third-order valence-electron chi connectivity index (χ3n) is 3.53. The smallest absolute Gasteiger partial charge is 0.264 e. The number of amidine groups is 1. The molecule has 0 bridgehead atoms. The van der Waals surface area contributed by atoms with Crippen molar-refractivity contribution in [2.75, 3.05) is 13.7 Å². The number of halogens is 1. The van der Waals surface area contributed by atoms with Crippen LogP contribution in [0, 0.1) is 0 Å². The van der Waals surface area contributed by atoms with Crippen molar-refractivity contribution < 1.29 is 14.3 Å². The van der Waals surface area contributed by atoms with Crippen molar-refractivity contribution in [3.05, 3.63) is 70.6 Å². The molecule has 3 rings (SSSR count). The number of ether oxygens (including phenoxy) is 2. The van der Waals surface area contributed by atoms with E-state index in [9.17, 15) is 4.79 Å². The Balaban J connectivity index is 1.81. The van der Waals surface area contributed by atoms with Gasteiger partial charge < -0.3 is 14.8 Å². The molecule has 0 aromatic heterocycles. The number of hydrogen-bond acceptors (Lipinski definition) is 5. The van der Waals surface area contributed by atoms with E-state index in [0.29, 0.717) is 38.9 Å². The van der Waals surface area contributed by atoms with E-state index < -0.39 is 0 Å². The maximum Gasteiger partial charge on any atom is 0.264 e. The molecule has 2 aromatic rings. The van der Waals surface area contributed by atoms with Crippen LogP contribution in [0.15, 0.2) is 65.0 Å². The fourth-order valence-electron chi connectivity index (χ4n) is 2.34. The standard InChI is InChI=1S/C20H17ClN2O3S/c1-3-9-26-16-8-7-13(10-17(16)25-2)11-18-19(24)23-20(27-18)22-15-6-4-5-14(21)12-15/h3-8,10-12H,1,9H2,2H3,(H,22,23,24). The Morgan fingerprint density at radius 3 is 2.85 bits per heavy atom. The van der Waals surface area contributed by atoms with Crippen LogP contribution >= 0.6 is 23.4 Å². The average Bonchev–Trinajstić information content (AvgIpc) is 2.99. The fourth-order valence-corrected chi connectivity index (χ4v) is 3.36. The zero-order chi connectivity index (χ0) is 19.2. The van der Waals surface area contributed by atoms with Gasteiger partial charge in [-0.3, -0.25) is 4.79 Å². The Kier molecular flexibility index (Phi) is 6.21. The molecule has 0 aliphatic carbocycles. The average molecular weight is 401 g/mol. The van der Waals surface area contributed by atoms with Gasteiger partial charge in [0, 0.05) is 5.02 Å². The molecule has 138 valence electrons. The fraction of sp³-hybridized carbons (Fsp3) is 0.100. The molecule has 1 fully saturated rings. The number of benzene rings is 2. The molecule has 5 nitrogen and oxygen atoms in total. The summed E-state index contributed by atoms with van der Waals surface area (Å²) in [6, 6.07) is 12.6.